The van der Waals surface area contributed by atoms with Gasteiger partial charge in [0.05, 0.1) is 13.2 Å². The summed E-state index contributed by atoms with van der Waals surface area (Å²) in [6.07, 6.45) is 0.0217. The zero-order valence-corrected chi connectivity index (χ0v) is 13.4. The molecule has 0 aliphatic carbocycles. The van der Waals surface area contributed by atoms with Crippen molar-refractivity contribution in [1.29, 1.82) is 0 Å². The second-order valence-corrected chi connectivity index (χ2v) is 5.66. The molecule has 0 radical (unpaired) electrons. The predicted molar refractivity (Wildman–Crippen MR) is 88.9 cm³/mol. The van der Waals surface area contributed by atoms with Gasteiger partial charge >= 0.3 is 0 Å². The minimum Gasteiger partial charge on any atom is -0.508 e. The summed E-state index contributed by atoms with van der Waals surface area (Å²) < 4.78 is 5.13. The van der Waals surface area contributed by atoms with E-state index < -0.39 is 6.10 Å². The number of aliphatic hydroxyl groups excluding tert-OH is 1. The van der Waals surface area contributed by atoms with E-state index in [0.29, 0.717) is 12.1 Å². The third-order valence-corrected chi connectivity index (χ3v) is 3.67. The van der Waals surface area contributed by atoms with Crippen LogP contribution < -0.4 is 10.1 Å². The van der Waals surface area contributed by atoms with Gasteiger partial charge in [0.1, 0.15) is 17.2 Å². The Kier molecular flexibility index (Phi) is 5.84. The SMILES string of the molecule is COc1ccc(CC(C)NCC(O)c2cc(O)cc(O)c2)cc1. The molecule has 2 unspecified atom stereocenters. The minimum atomic E-state index is -0.800. The van der Waals surface area contributed by atoms with E-state index in [-0.39, 0.29) is 17.5 Å². The molecule has 2 aromatic rings. The van der Waals surface area contributed by atoms with E-state index in [4.69, 9.17) is 4.74 Å². The van der Waals surface area contributed by atoms with Crippen LogP contribution in [0.1, 0.15) is 24.2 Å². The average molecular weight is 317 g/mol. The molecule has 0 saturated heterocycles. The van der Waals surface area contributed by atoms with E-state index in [1.54, 1.807) is 7.11 Å². The lowest BCUT2D eigenvalue weighted by atomic mass is 10.1. The van der Waals surface area contributed by atoms with E-state index in [1.807, 2.05) is 31.2 Å². The summed E-state index contributed by atoms with van der Waals surface area (Å²) in [5, 5.41) is 32.3. The molecule has 124 valence electrons. The Morgan fingerprint density at radius 1 is 1.04 bits per heavy atom. The number of phenols is 2. The zero-order chi connectivity index (χ0) is 16.8. The Labute approximate surface area is 136 Å². The molecular formula is C18H23NO4. The number of hydrogen-bond donors (Lipinski definition) is 4. The summed E-state index contributed by atoms with van der Waals surface area (Å²) in [6, 6.07) is 12.2. The standard InChI is InChI=1S/C18H23NO4/c1-12(7-13-3-5-17(23-2)6-4-13)19-11-18(22)14-8-15(20)10-16(21)9-14/h3-6,8-10,12,18-22H,7,11H2,1-2H3. The quantitative estimate of drug-likeness (QED) is 0.630. The molecule has 0 fully saturated rings. The second-order valence-electron chi connectivity index (χ2n) is 5.66. The van der Waals surface area contributed by atoms with Gasteiger partial charge < -0.3 is 25.4 Å². The molecule has 0 heterocycles. The number of benzene rings is 2. The Morgan fingerprint density at radius 3 is 2.22 bits per heavy atom. The van der Waals surface area contributed by atoms with E-state index >= 15 is 0 Å². The van der Waals surface area contributed by atoms with Gasteiger partial charge in [0.25, 0.3) is 0 Å². The number of ether oxygens (including phenoxy) is 1. The summed E-state index contributed by atoms with van der Waals surface area (Å²) in [5.41, 5.74) is 1.65. The van der Waals surface area contributed by atoms with Crippen LogP contribution in [0.3, 0.4) is 0 Å². The molecule has 0 amide bonds. The lowest BCUT2D eigenvalue weighted by Crippen LogP contribution is -2.32. The summed E-state index contributed by atoms with van der Waals surface area (Å²) in [5.74, 6) is 0.698. The van der Waals surface area contributed by atoms with E-state index in [1.165, 1.54) is 23.8 Å². The number of aliphatic hydroxyl groups is 1. The van der Waals surface area contributed by atoms with Crippen molar-refractivity contribution in [3.8, 4) is 17.2 Å². The minimum absolute atomic E-state index is 0.0645. The van der Waals surface area contributed by atoms with Gasteiger partial charge in [-0.2, -0.15) is 0 Å². The molecule has 23 heavy (non-hydrogen) atoms. The van der Waals surface area contributed by atoms with E-state index in [2.05, 4.69) is 5.32 Å². The normalized spacial score (nSPS) is 13.5. The van der Waals surface area contributed by atoms with Gasteiger partial charge in [0.2, 0.25) is 0 Å². The highest BCUT2D eigenvalue weighted by molar-refractivity contribution is 5.37. The van der Waals surface area contributed by atoms with Crippen molar-refractivity contribution in [2.45, 2.75) is 25.5 Å². The summed E-state index contributed by atoms with van der Waals surface area (Å²) in [7, 11) is 1.64. The highest BCUT2D eigenvalue weighted by Gasteiger charge is 2.12. The van der Waals surface area contributed by atoms with Crippen molar-refractivity contribution >= 4 is 0 Å². The van der Waals surface area contributed by atoms with Crippen molar-refractivity contribution in [1.82, 2.24) is 5.32 Å². The Bertz CT molecular complexity index is 607. The van der Waals surface area contributed by atoms with Crippen LogP contribution in [-0.4, -0.2) is 35.0 Å². The first-order valence-corrected chi connectivity index (χ1v) is 7.55. The molecule has 4 N–H and O–H groups in total. The topological polar surface area (TPSA) is 82.0 Å². The van der Waals surface area contributed by atoms with Crippen LogP contribution in [0.4, 0.5) is 0 Å². The lowest BCUT2D eigenvalue weighted by Gasteiger charge is -2.18. The molecule has 0 aliphatic rings. The highest BCUT2D eigenvalue weighted by atomic mass is 16.5. The van der Waals surface area contributed by atoms with Crippen LogP contribution in [0.2, 0.25) is 0 Å². The van der Waals surface area contributed by atoms with Gasteiger partial charge in [-0.3, -0.25) is 0 Å². The summed E-state index contributed by atoms with van der Waals surface area (Å²) >= 11 is 0. The van der Waals surface area contributed by atoms with Crippen molar-refractivity contribution in [3.05, 3.63) is 53.6 Å². The first kappa shape index (κ1) is 17.1. The number of methoxy groups -OCH3 is 1. The van der Waals surface area contributed by atoms with Crippen LogP contribution in [-0.2, 0) is 6.42 Å². The fourth-order valence-corrected chi connectivity index (χ4v) is 2.43. The number of aromatic hydroxyl groups is 2. The molecule has 0 spiro atoms. The summed E-state index contributed by atoms with van der Waals surface area (Å²) in [4.78, 5) is 0. The van der Waals surface area contributed by atoms with Crippen LogP contribution >= 0.6 is 0 Å². The molecule has 0 saturated carbocycles. The van der Waals surface area contributed by atoms with Crippen LogP contribution in [0.25, 0.3) is 0 Å². The zero-order valence-electron chi connectivity index (χ0n) is 13.4. The van der Waals surface area contributed by atoms with Crippen molar-refractivity contribution in [2.24, 2.45) is 0 Å². The van der Waals surface area contributed by atoms with Gasteiger partial charge in [-0.1, -0.05) is 12.1 Å². The first-order chi connectivity index (χ1) is 11.0. The molecule has 0 bridgehead atoms. The van der Waals surface area contributed by atoms with E-state index in [9.17, 15) is 15.3 Å². The third kappa shape index (κ3) is 5.16. The van der Waals surface area contributed by atoms with E-state index in [0.717, 1.165) is 12.2 Å². The lowest BCUT2D eigenvalue weighted by molar-refractivity contribution is 0.170. The number of rotatable bonds is 7. The van der Waals surface area contributed by atoms with Crippen LogP contribution in [0, 0.1) is 0 Å². The van der Waals surface area contributed by atoms with Crippen LogP contribution in [0.15, 0.2) is 42.5 Å². The number of hydrogen-bond acceptors (Lipinski definition) is 5. The average Bonchev–Trinajstić information content (AvgIpc) is 2.52. The summed E-state index contributed by atoms with van der Waals surface area (Å²) in [6.45, 7) is 2.37. The largest absolute Gasteiger partial charge is 0.508 e. The monoisotopic (exact) mass is 317 g/mol. The number of nitrogens with one attached hydrogen (secondary N) is 1. The maximum atomic E-state index is 10.2. The predicted octanol–water partition coefficient (Wildman–Crippen LogP) is 2.36. The maximum absolute atomic E-state index is 10.2. The molecule has 0 aromatic heterocycles. The van der Waals surface area contributed by atoms with Crippen molar-refractivity contribution in [3.63, 3.8) is 0 Å². The second kappa shape index (κ2) is 7.85. The van der Waals surface area contributed by atoms with Crippen molar-refractivity contribution in [2.75, 3.05) is 13.7 Å². The fraction of sp³-hybridized carbons (Fsp3) is 0.333. The molecule has 0 aliphatic heterocycles. The molecular weight excluding hydrogens is 294 g/mol. The molecule has 5 nitrogen and oxygen atoms in total. The maximum Gasteiger partial charge on any atom is 0.119 e. The first-order valence-electron chi connectivity index (χ1n) is 7.55. The highest BCUT2D eigenvalue weighted by Crippen LogP contribution is 2.24. The Balaban J connectivity index is 1.86. The molecule has 2 atom stereocenters. The van der Waals surface area contributed by atoms with Gasteiger partial charge in [-0.15, -0.1) is 0 Å². The smallest absolute Gasteiger partial charge is 0.119 e. The Morgan fingerprint density at radius 2 is 1.65 bits per heavy atom. The van der Waals surface area contributed by atoms with Crippen molar-refractivity contribution < 1.29 is 20.1 Å². The molecule has 2 rings (SSSR count). The Hall–Kier alpha value is -2.24. The van der Waals surface area contributed by atoms with Gasteiger partial charge in [0.15, 0.2) is 0 Å². The van der Waals surface area contributed by atoms with Crippen LogP contribution in [0.5, 0.6) is 17.2 Å². The fourth-order valence-electron chi connectivity index (χ4n) is 2.43. The van der Waals surface area contributed by atoms with Gasteiger partial charge in [0, 0.05) is 18.7 Å². The van der Waals surface area contributed by atoms with Gasteiger partial charge in [-0.25, -0.2) is 0 Å². The van der Waals surface area contributed by atoms with Gasteiger partial charge in [-0.05, 0) is 48.7 Å². The molecule has 5 heteroatoms. The number of phenolic OH excluding ortho intramolecular Hbond substituents is 2. The third-order valence-electron chi connectivity index (χ3n) is 3.67. The molecule has 2 aromatic carbocycles.